The number of thiazole rings is 4. The Labute approximate surface area is 844 Å². The van der Waals surface area contributed by atoms with E-state index in [1.54, 1.807) is 65.8 Å². The molecule has 0 spiro atoms. The summed E-state index contributed by atoms with van der Waals surface area (Å²) in [6, 6.07) is 2.03. The highest BCUT2D eigenvalue weighted by Gasteiger charge is 2.45. The molecule has 142 heavy (non-hydrogen) atoms. The van der Waals surface area contributed by atoms with Crippen LogP contribution in [0.1, 0.15) is 54.9 Å². The van der Waals surface area contributed by atoms with Crippen molar-refractivity contribution in [3.8, 4) is 12.1 Å². The lowest BCUT2D eigenvalue weighted by atomic mass is 10.1. The van der Waals surface area contributed by atoms with Gasteiger partial charge < -0.3 is 65.8 Å². The number of hydrogen-bond acceptors (Lipinski definition) is 43. The molecular weight excluding hydrogens is 2180 g/mol. The minimum Gasteiger partial charge on any atom is -0.480 e. The number of carbonyl (C=O) groups excluding carboxylic acids is 9. The molecule has 14 N–H and O–H groups in total. The normalized spacial score (nSPS) is 17.7. The third kappa shape index (κ3) is 31.7. The van der Waals surface area contributed by atoms with E-state index < -0.39 is 209 Å². The highest BCUT2D eigenvalue weighted by atomic mass is 32.2. The van der Waals surface area contributed by atoms with Crippen molar-refractivity contribution in [1.29, 1.82) is 10.5 Å². The Morgan fingerprint density at radius 1 is 0.359 bits per heavy atom. The average molecular weight is 2250 g/mol. The number of carbonyl (C=O) groups is 19. The summed E-state index contributed by atoms with van der Waals surface area (Å²) in [5, 5.41) is 121. The van der Waals surface area contributed by atoms with Crippen molar-refractivity contribution >= 4 is 320 Å². The van der Waals surface area contributed by atoms with Gasteiger partial charge in [-0.1, -0.05) is 114 Å². The minimum atomic E-state index is -4.03. The second kappa shape index (κ2) is 54.3. The Hall–Kier alpha value is -13.0. The second-order valence-corrected chi connectivity index (χ2v) is 40.8. The first-order chi connectivity index (χ1) is 66.2. The number of carboxylic acid groups (broad SMARTS) is 10. The van der Waals surface area contributed by atoms with E-state index in [0.29, 0.717) is 72.5 Å². The fraction of sp³-hybridized carbons (Fsp3) is 0.301. The molecule has 10 amide bonds. The number of barbiturate groups is 1. The fourth-order valence-electron chi connectivity index (χ4n) is 11.1. The van der Waals surface area contributed by atoms with Crippen LogP contribution in [0.15, 0.2) is 64.6 Å². The number of carboxylic acids is 10. The van der Waals surface area contributed by atoms with Crippen molar-refractivity contribution in [2.45, 2.75) is 81.1 Å². The van der Waals surface area contributed by atoms with Crippen LogP contribution in [-0.2, 0) is 126 Å². The van der Waals surface area contributed by atoms with Crippen LogP contribution in [0.2, 0.25) is 0 Å². The van der Waals surface area contributed by atoms with Gasteiger partial charge in [-0.25, -0.2) is 25.1 Å². The number of imide groups is 3. The molecule has 10 heterocycles. The van der Waals surface area contributed by atoms with E-state index in [1.165, 1.54) is 52.8 Å². The third-order valence-electron chi connectivity index (χ3n) is 17.2. The van der Waals surface area contributed by atoms with Gasteiger partial charge in [-0.2, -0.15) is 19.9 Å². The van der Waals surface area contributed by atoms with Gasteiger partial charge in [0.05, 0.1) is 35.7 Å². The molecule has 4 aromatic rings. The van der Waals surface area contributed by atoms with Crippen molar-refractivity contribution in [3.05, 3.63) is 124 Å². The summed E-state index contributed by atoms with van der Waals surface area (Å²) in [6.07, 6.45) is 9.86. The zero-order valence-corrected chi connectivity index (χ0v) is 84.6. The van der Waals surface area contributed by atoms with Gasteiger partial charge >= 0.3 is 80.9 Å². The SMILES string of the molecule is C/C=C1/SC(=S)N(CCCP(=O)(O)OO)C1=O.C/C=C1/SC(=S)N(CCP(=O)(O)OO)C1=O.C/C=C1\C(=O)N(CC(=O)O)C(=S)N1CC(=O)O.C/C=c1/s/c(=C2\SC(=O)N(CC(=O)O)C2=O)n(CC(=O)O)c1=O.C/C=c1/s/c(=c2\s/c(=C3\SC(=S)N(CC(=O)O)C3=O)n(CC(=O)O)c2=O)n(CC(=O)O)c1=O.C/C=c1/sc(=C(C#N)C#N)n(CC(=O)O)c1=O.CC=C1C(=O)N(CC(=O)O)C(=O)N(CC(=O)O)C1=O. The molecule has 0 aromatic carbocycles. The Morgan fingerprint density at radius 3 is 1.11 bits per heavy atom. The third-order valence-corrected chi connectivity index (χ3v) is 30.5. The predicted molar refractivity (Wildman–Crippen MR) is 515 cm³/mol. The second-order valence-electron chi connectivity index (χ2n) is 26.6. The average Bonchev–Trinajstić information content (AvgIpc) is 1.62. The van der Waals surface area contributed by atoms with Gasteiger partial charge in [0.2, 0.25) is 0 Å². The lowest BCUT2D eigenvalue weighted by molar-refractivity contribution is -0.147. The summed E-state index contributed by atoms with van der Waals surface area (Å²) in [7, 11) is -7.97. The molecule has 4 aromatic heterocycles. The molecule has 2 atom stereocenters. The first-order valence-corrected chi connectivity index (χ1v) is 49.8. The summed E-state index contributed by atoms with van der Waals surface area (Å²) >= 11 is 26.8. The Morgan fingerprint density at radius 2 is 0.704 bits per heavy atom. The molecule has 69 heteroatoms. The fourth-order valence-corrected chi connectivity index (χ4v) is 21.8. The number of urea groups is 1. The first kappa shape index (κ1) is 121. The topological polar surface area (TPSA) is 822 Å². The number of amides is 10. The zero-order chi connectivity index (χ0) is 108. The quantitative estimate of drug-likeness (QED) is 0.00681. The summed E-state index contributed by atoms with van der Waals surface area (Å²) in [6.45, 7) is 4.06. The van der Waals surface area contributed by atoms with Crippen LogP contribution in [0.5, 0.6) is 0 Å². The van der Waals surface area contributed by atoms with Crippen LogP contribution < -0.4 is 49.8 Å². The Bertz CT molecular complexity index is 7090. The van der Waals surface area contributed by atoms with E-state index in [1.807, 2.05) is 0 Å². The van der Waals surface area contributed by atoms with Crippen molar-refractivity contribution in [2.24, 2.45) is 0 Å². The molecule has 0 bridgehead atoms. The van der Waals surface area contributed by atoms with Gasteiger partial charge in [0.15, 0.2) is 10.7 Å². The molecule has 55 nitrogen and oxygen atoms in total. The van der Waals surface area contributed by atoms with Crippen LogP contribution >= 0.6 is 156 Å². The number of thioether (sulfide) groups is 4. The van der Waals surface area contributed by atoms with Crippen molar-refractivity contribution < 1.29 is 181 Å². The molecule has 6 saturated heterocycles. The van der Waals surface area contributed by atoms with Crippen molar-refractivity contribution in [1.82, 2.24) is 57.5 Å². The number of nitrogens with zero attached hydrogens (tertiary/aromatic N) is 14. The summed E-state index contributed by atoms with van der Waals surface area (Å²) in [5.74, 6) is -18.0. The molecule has 0 saturated carbocycles. The first-order valence-electron chi connectivity index (χ1n) is 38.1. The molecule has 0 radical (unpaired) electrons. The number of aliphatic carboxylic acids is 10. The minimum absolute atomic E-state index is 0.00287. The lowest BCUT2D eigenvalue weighted by Crippen LogP contribution is -2.58. The standard InChI is InChI=1S/C17H13N3O9S4.C12H10N2O7S2.C10H7N3O3S.C10H10N2O7.C9H10N2O5S.C8H12NO5PS2.C7H10NO5PS2/c1-2-6-12(27)18(3-7(21)22)15(31-6)10-13(28)19(4-8(23)24)16(32-10)11-14(29)20(5-9(25)26)17(30)33-11;1-2-5-9(19)13(3-6(15)16)11(22-5)8-10(20)14(4-7(17)18)12(21)23-8;1-2-7-9(16)13(5-8(14)15)10(17-7)6(3-11)4-12;1-2-5-8(17)11(3-6(13)14)10(19)12(9(5)18)4-7(15)16;1-2-5-8(16)11(4-7(14)15)9(17)10(5)3-6(12)13;1-2-6-7(10)9(8(16)17-6)4-3-5-15(12,13)14-11;1-2-5-6(9)8(7(15)16-5)3-4-14(11,12)13-10/h2H,3-5H2,1H3,(H,21,22)(H,23,24)(H,25,26);2H,3-4H2,1H3,(H,15,16)(H,17,18);2H,5H2,1H3,(H,14,15);2H,3-4H2,1H3,(H,13,14)(H,15,16);2H,3-4H2,1H3,(H,12,13)(H,14,15);2,11H,3-5H2,1H3,(H,12,13);2,10H,3-4H2,1H3,(H,11,12)/b6-2+,15-10-,16-11-;5-2+,11-8-;7-2+;;5-2+;6-2+;5-2+. The smallest absolute Gasteiger partial charge is 0.357 e. The van der Waals surface area contributed by atoms with E-state index >= 15 is 0 Å². The number of nitriles is 2. The number of aromatic nitrogens is 4. The van der Waals surface area contributed by atoms with Crippen LogP contribution in [0.3, 0.4) is 0 Å². The van der Waals surface area contributed by atoms with Gasteiger partial charge in [0.25, 0.3) is 68.8 Å². The molecule has 2 unspecified atom stereocenters. The number of allylic oxidation sites excluding steroid dienone is 4. The summed E-state index contributed by atoms with van der Waals surface area (Å²) in [5.41, 5.74) is -3.18. The predicted octanol–water partition coefficient (Wildman–Crippen LogP) is -2.26. The molecule has 762 valence electrons. The summed E-state index contributed by atoms with van der Waals surface area (Å²) < 4.78 is 33.6. The number of thiocarbonyl (C=S) groups is 4. The van der Waals surface area contributed by atoms with E-state index in [9.17, 15) is 130 Å². The largest absolute Gasteiger partial charge is 0.480 e. The maximum atomic E-state index is 13.1. The molecule has 6 aliphatic rings. The highest BCUT2D eigenvalue weighted by molar-refractivity contribution is 8.30. The number of rotatable bonds is 29. The van der Waals surface area contributed by atoms with Gasteiger partial charge in [0.1, 0.15) is 135 Å². The number of hydrogen-bond donors (Lipinski definition) is 14. The zero-order valence-electron chi connectivity index (χ0n) is 73.0. The monoisotopic (exact) mass is 2250 g/mol. The summed E-state index contributed by atoms with van der Waals surface area (Å²) in [4.78, 5) is 290. The van der Waals surface area contributed by atoms with Gasteiger partial charge in [-0.15, -0.1) is 45.3 Å². The van der Waals surface area contributed by atoms with Crippen molar-refractivity contribution in [3.63, 3.8) is 0 Å². The van der Waals surface area contributed by atoms with Crippen LogP contribution in [0, 0.1) is 31.9 Å². The molecule has 0 aliphatic carbocycles. The van der Waals surface area contributed by atoms with E-state index in [-0.39, 0.29) is 106 Å². The van der Waals surface area contributed by atoms with Crippen LogP contribution in [0.25, 0.3) is 33.6 Å². The highest BCUT2D eigenvalue weighted by Crippen LogP contribution is 2.43. The van der Waals surface area contributed by atoms with E-state index in [2.05, 4.69) is 9.35 Å². The maximum Gasteiger partial charge on any atom is 0.357 e. The maximum absolute atomic E-state index is 13.1. The van der Waals surface area contributed by atoms with E-state index in [4.69, 9.17) is 121 Å². The van der Waals surface area contributed by atoms with E-state index in [0.717, 1.165) is 84.8 Å². The van der Waals surface area contributed by atoms with Crippen LogP contribution in [-0.4, -0.2) is 324 Å². The Balaban J connectivity index is 0.000000352. The van der Waals surface area contributed by atoms with Gasteiger partial charge in [0, 0.05) is 13.1 Å². The van der Waals surface area contributed by atoms with Crippen molar-refractivity contribution in [2.75, 3.05) is 64.7 Å². The molecule has 10 rings (SSSR count). The Kier molecular flexibility index (Phi) is 46.4. The van der Waals surface area contributed by atoms with Crippen LogP contribution in [0.4, 0.5) is 9.59 Å². The molecular formula is C73H72N14O41P2S12. The molecule has 6 fully saturated rings. The molecule has 6 aliphatic heterocycles. The van der Waals surface area contributed by atoms with Gasteiger partial charge in [-0.3, -0.25) is 157 Å². The lowest BCUT2D eigenvalue weighted by Gasteiger charge is -2.31. The van der Waals surface area contributed by atoms with Gasteiger partial charge in [-0.05, 0) is 78.9 Å².